The predicted octanol–water partition coefficient (Wildman–Crippen LogP) is 5.14. The van der Waals surface area contributed by atoms with Crippen molar-refractivity contribution in [2.24, 2.45) is 7.05 Å². The molecule has 5 aromatic rings. The molecule has 0 bridgehead atoms. The van der Waals surface area contributed by atoms with Crippen LogP contribution in [0, 0.1) is 20.8 Å². The molecule has 1 aliphatic rings. The molecule has 3 aromatic heterocycles. The van der Waals surface area contributed by atoms with Crippen molar-refractivity contribution in [3.05, 3.63) is 65.0 Å². The number of hydrogen-bond acceptors (Lipinski definition) is 2. The molecule has 0 aliphatic carbocycles. The van der Waals surface area contributed by atoms with E-state index >= 15 is 0 Å². The van der Waals surface area contributed by atoms with E-state index in [1.54, 1.807) is 0 Å². The Bertz CT molecular complexity index is 1590. The number of benzene rings is 2. The number of aromatic nitrogens is 5. The van der Waals surface area contributed by atoms with E-state index < -0.39 is 0 Å². The first-order valence-corrected chi connectivity index (χ1v) is 11.4. The molecule has 32 heavy (non-hydrogen) atoms. The number of nitrogens with zero attached hydrogens (tertiary/aromatic N) is 5. The van der Waals surface area contributed by atoms with E-state index in [1.807, 2.05) is 13.8 Å². The largest absolute Gasteiger partial charge is 0.295 e. The Morgan fingerprint density at radius 3 is 2.25 bits per heavy atom. The zero-order valence-electron chi connectivity index (χ0n) is 20.2. The minimum Gasteiger partial charge on any atom is -0.283 e. The summed E-state index contributed by atoms with van der Waals surface area (Å²) in [6, 6.07) is 11.4. The number of fused-ring (bicyclic) bond motifs is 3. The molecule has 0 saturated heterocycles. The van der Waals surface area contributed by atoms with Crippen LogP contribution in [-0.2, 0) is 17.9 Å². The molecule has 5 heteroatoms. The normalized spacial score (nSPS) is 16.6. The summed E-state index contributed by atoms with van der Waals surface area (Å²) in [4.78, 5) is 0. The highest BCUT2D eigenvalue weighted by atomic mass is 15.3. The lowest BCUT2D eigenvalue weighted by atomic mass is 9.60. The molecule has 0 atom stereocenters. The van der Waals surface area contributed by atoms with Crippen LogP contribution in [0.15, 0.2) is 36.5 Å². The summed E-state index contributed by atoms with van der Waals surface area (Å²) in [5.74, 6) is 1.83. The van der Waals surface area contributed by atoms with Crippen LogP contribution in [0.3, 0.4) is 0 Å². The van der Waals surface area contributed by atoms with Crippen molar-refractivity contribution >= 4 is 27.3 Å². The van der Waals surface area contributed by atoms with E-state index in [0.29, 0.717) is 0 Å². The maximum Gasteiger partial charge on any atom is 0.295 e. The number of hydrogen-bond donors (Lipinski definition) is 0. The highest BCUT2D eigenvalue weighted by molar-refractivity contribution is 6.14. The van der Waals surface area contributed by atoms with Gasteiger partial charge in [-0.3, -0.25) is 4.57 Å². The van der Waals surface area contributed by atoms with Crippen molar-refractivity contribution in [3.63, 3.8) is 0 Å². The third-order valence-electron chi connectivity index (χ3n) is 8.33. The van der Waals surface area contributed by atoms with Crippen LogP contribution in [0.4, 0.5) is 0 Å². The lowest BCUT2D eigenvalue weighted by molar-refractivity contribution is -0.643. The lowest BCUT2D eigenvalue weighted by Gasteiger charge is -2.43. The molecule has 0 spiro atoms. The van der Waals surface area contributed by atoms with E-state index in [4.69, 9.17) is 0 Å². The average Bonchev–Trinajstić information content (AvgIpc) is 3.26. The van der Waals surface area contributed by atoms with Gasteiger partial charge in [-0.1, -0.05) is 45.9 Å². The maximum atomic E-state index is 4.34. The highest BCUT2D eigenvalue weighted by Gasteiger charge is 2.50. The predicted molar refractivity (Wildman–Crippen MR) is 129 cm³/mol. The molecule has 0 fully saturated rings. The molecule has 0 radical (unpaired) electrons. The van der Waals surface area contributed by atoms with Crippen LogP contribution in [-0.4, -0.2) is 19.2 Å². The fourth-order valence-corrected chi connectivity index (χ4v) is 5.89. The van der Waals surface area contributed by atoms with Crippen LogP contribution in [0.2, 0.25) is 0 Å². The second kappa shape index (κ2) is 5.77. The average molecular weight is 425 g/mol. The van der Waals surface area contributed by atoms with Gasteiger partial charge >= 0.3 is 0 Å². The lowest BCUT2D eigenvalue weighted by Crippen LogP contribution is -2.44. The van der Waals surface area contributed by atoms with Crippen LogP contribution in [0.25, 0.3) is 33.0 Å². The summed E-state index contributed by atoms with van der Waals surface area (Å²) in [5.41, 5.74) is 7.66. The molecule has 5 nitrogen and oxygen atoms in total. The third kappa shape index (κ3) is 2.07. The summed E-state index contributed by atoms with van der Waals surface area (Å²) in [6.07, 6.45) is 2.34. The fourth-order valence-electron chi connectivity index (χ4n) is 5.89. The first-order chi connectivity index (χ1) is 15.1. The SMILES string of the molecule is Cc1cccc2c3cc(-n4c(C)nnc4C)cc4c3n3c(c[n+](C)c3c12)C(C)(C)C4(C)C. The van der Waals surface area contributed by atoms with Gasteiger partial charge in [0.2, 0.25) is 0 Å². The van der Waals surface area contributed by atoms with Crippen LogP contribution < -0.4 is 4.57 Å². The summed E-state index contributed by atoms with van der Waals surface area (Å²) >= 11 is 0. The Labute approximate surface area is 188 Å². The molecule has 162 valence electrons. The number of imidazole rings is 1. The summed E-state index contributed by atoms with van der Waals surface area (Å²) in [5, 5.41) is 12.6. The van der Waals surface area contributed by atoms with Gasteiger partial charge in [0, 0.05) is 32.9 Å². The van der Waals surface area contributed by atoms with E-state index in [-0.39, 0.29) is 10.8 Å². The van der Waals surface area contributed by atoms with Gasteiger partial charge < -0.3 is 0 Å². The molecular weight excluding hydrogens is 394 g/mol. The molecule has 1 aliphatic heterocycles. The monoisotopic (exact) mass is 424 g/mol. The minimum absolute atomic E-state index is 0.0522. The van der Waals surface area contributed by atoms with E-state index in [1.165, 1.54) is 44.1 Å². The Kier molecular flexibility index (Phi) is 3.51. The van der Waals surface area contributed by atoms with Crippen molar-refractivity contribution in [2.75, 3.05) is 0 Å². The summed E-state index contributed by atoms with van der Waals surface area (Å²) < 4.78 is 7.02. The Hall–Kier alpha value is -3.21. The van der Waals surface area contributed by atoms with Crippen molar-refractivity contribution in [3.8, 4) is 5.69 Å². The van der Waals surface area contributed by atoms with Gasteiger partial charge in [0.05, 0.1) is 12.4 Å². The first kappa shape index (κ1) is 19.5. The molecule has 0 saturated carbocycles. The third-order valence-corrected chi connectivity index (χ3v) is 8.33. The Morgan fingerprint density at radius 2 is 1.56 bits per heavy atom. The second-order valence-electron chi connectivity index (χ2n) is 10.6. The molecule has 2 aromatic carbocycles. The van der Waals surface area contributed by atoms with E-state index in [9.17, 15) is 0 Å². The quantitative estimate of drug-likeness (QED) is 0.276. The zero-order valence-corrected chi connectivity index (χ0v) is 20.2. The van der Waals surface area contributed by atoms with Gasteiger partial charge in [-0.05, 0) is 38.5 Å². The smallest absolute Gasteiger partial charge is 0.283 e. The van der Waals surface area contributed by atoms with Crippen molar-refractivity contribution < 1.29 is 4.57 Å². The molecular formula is C27H30N5+. The molecule has 0 amide bonds. The Morgan fingerprint density at radius 1 is 0.875 bits per heavy atom. The van der Waals surface area contributed by atoms with E-state index in [0.717, 1.165) is 17.3 Å². The molecule has 0 unspecified atom stereocenters. The van der Waals surface area contributed by atoms with E-state index in [2.05, 4.69) is 102 Å². The Balaban J connectivity index is 1.96. The fraction of sp³-hybridized carbons (Fsp3) is 0.370. The standard InChI is InChI=1S/C27H30N5/c1-15-10-9-11-19-20-12-18(31-16(2)28-29-17(31)3)13-21-24(20)32-22(27(6,7)26(21,4)5)14-30(8)25(32)23(15)19/h9-14H,1-8H3/q+1. The van der Waals surface area contributed by atoms with Crippen LogP contribution in [0.5, 0.6) is 0 Å². The van der Waals surface area contributed by atoms with Gasteiger partial charge in [-0.25, -0.2) is 4.57 Å². The topological polar surface area (TPSA) is 39.0 Å². The van der Waals surface area contributed by atoms with Crippen molar-refractivity contribution in [1.29, 1.82) is 0 Å². The van der Waals surface area contributed by atoms with Crippen molar-refractivity contribution in [2.45, 2.75) is 59.3 Å². The van der Waals surface area contributed by atoms with Gasteiger partial charge in [-0.15, -0.1) is 10.2 Å². The summed E-state index contributed by atoms with van der Waals surface area (Å²) in [7, 11) is 2.18. The first-order valence-electron chi connectivity index (χ1n) is 11.4. The zero-order chi connectivity index (χ0) is 22.7. The number of rotatable bonds is 1. The molecule has 0 N–H and O–H groups in total. The summed E-state index contributed by atoms with van der Waals surface area (Å²) in [6.45, 7) is 15.8. The van der Waals surface area contributed by atoms with Crippen LogP contribution in [0.1, 0.15) is 56.2 Å². The van der Waals surface area contributed by atoms with Gasteiger partial charge in [-0.2, -0.15) is 4.40 Å². The van der Waals surface area contributed by atoms with Gasteiger partial charge in [0.15, 0.2) is 5.69 Å². The molecule has 4 heterocycles. The highest BCUT2D eigenvalue weighted by Crippen LogP contribution is 2.51. The minimum atomic E-state index is -0.0666. The van der Waals surface area contributed by atoms with Crippen molar-refractivity contribution in [1.82, 2.24) is 19.2 Å². The van der Waals surface area contributed by atoms with Crippen LogP contribution >= 0.6 is 0 Å². The van der Waals surface area contributed by atoms with Gasteiger partial charge in [0.1, 0.15) is 23.4 Å². The number of pyridine rings is 1. The molecule has 6 rings (SSSR count). The number of aryl methyl sites for hydroxylation is 4. The maximum absolute atomic E-state index is 4.34. The second-order valence-corrected chi connectivity index (χ2v) is 10.6. The van der Waals surface area contributed by atoms with Gasteiger partial charge in [0.25, 0.3) is 5.65 Å².